The van der Waals surface area contributed by atoms with Crippen LogP contribution in [0.1, 0.15) is 27.0 Å². The molecule has 0 aliphatic carbocycles. The van der Waals surface area contributed by atoms with E-state index in [1.54, 1.807) is 12.4 Å². The number of rotatable bonds is 5. The van der Waals surface area contributed by atoms with Crippen molar-refractivity contribution in [2.24, 2.45) is 0 Å². The first-order valence-corrected chi connectivity index (χ1v) is 8.24. The highest BCUT2D eigenvalue weighted by Gasteiger charge is 2.09. The van der Waals surface area contributed by atoms with Gasteiger partial charge in [0.1, 0.15) is 0 Å². The molecule has 3 aromatic rings. The molecule has 1 heterocycles. The summed E-state index contributed by atoms with van der Waals surface area (Å²) in [6.45, 7) is 4.71. The number of carbonyl (C=O) groups is 1. The smallest absolute Gasteiger partial charge is 0.257 e. The first kappa shape index (κ1) is 16.7. The van der Waals surface area contributed by atoms with Gasteiger partial charge in [0.25, 0.3) is 5.91 Å². The number of carbonyl (C=O) groups excluding carboxylic acids is 1. The third-order valence-electron chi connectivity index (χ3n) is 4.19. The molecule has 2 aromatic carbocycles. The van der Waals surface area contributed by atoms with Crippen LogP contribution in [0, 0.1) is 13.8 Å². The highest BCUT2D eigenvalue weighted by atomic mass is 16.1. The van der Waals surface area contributed by atoms with Gasteiger partial charge in [0.2, 0.25) is 0 Å². The predicted molar refractivity (Wildman–Crippen MR) is 102 cm³/mol. The molecule has 4 nitrogen and oxygen atoms in total. The first-order valence-electron chi connectivity index (χ1n) is 8.24. The zero-order valence-electron chi connectivity index (χ0n) is 14.4. The van der Waals surface area contributed by atoms with Crippen molar-refractivity contribution in [2.45, 2.75) is 20.4 Å². The first-order chi connectivity index (χ1) is 12.1. The lowest BCUT2D eigenvalue weighted by molar-refractivity contribution is 0.102. The fraction of sp³-hybridized carbons (Fsp3) is 0.143. The Kier molecular flexibility index (Phi) is 5.09. The Morgan fingerprint density at radius 2 is 1.80 bits per heavy atom. The molecule has 126 valence electrons. The van der Waals surface area contributed by atoms with Gasteiger partial charge in [-0.25, -0.2) is 0 Å². The molecule has 0 saturated carbocycles. The molecule has 25 heavy (non-hydrogen) atoms. The number of amides is 1. The molecule has 4 heteroatoms. The monoisotopic (exact) mass is 331 g/mol. The van der Waals surface area contributed by atoms with Crippen molar-refractivity contribution in [3.63, 3.8) is 0 Å². The number of anilines is 2. The summed E-state index contributed by atoms with van der Waals surface area (Å²) in [5.74, 6) is -0.162. The summed E-state index contributed by atoms with van der Waals surface area (Å²) in [4.78, 5) is 16.7. The molecule has 0 unspecified atom stereocenters. The minimum absolute atomic E-state index is 0.162. The van der Waals surface area contributed by atoms with Crippen molar-refractivity contribution in [2.75, 3.05) is 10.6 Å². The number of aromatic nitrogens is 1. The maximum atomic E-state index is 12.5. The molecule has 0 aliphatic heterocycles. The summed E-state index contributed by atoms with van der Waals surface area (Å²) in [5.41, 5.74) is 5.56. The van der Waals surface area contributed by atoms with Gasteiger partial charge in [-0.15, -0.1) is 0 Å². The zero-order valence-corrected chi connectivity index (χ0v) is 14.4. The van der Waals surface area contributed by atoms with E-state index < -0.39 is 0 Å². The Balaban J connectivity index is 1.70. The average molecular weight is 331 g/mol. The number of aryl methyl sites for hydroxylation is 1. The number of nitrogens with one attached hydrogen (secondary N) is 2. The van der Waals surface area contributed by atoms with Gasteiger partial charge < -0.3 is 10.6 Å². The van der Waals surface area contributed by atoms with Gasteiger partial charge in [0.05, 0.1) is 11.3 Å². The molecule has 2 N–H and O–H groups in total. The maximum Gasteiger partial charge on any atom is 0.257 e. The molecule has 0 fully saturated rings. The van der Waals surface area contributed by atoms with Gasteiger partial charge in [-0.3, -0.25) is 9.78 Å². The van der Waals surface area contributed by atoms with Gasteiger partial charge in [-0.1, -0.05) is 42.5 Å². The van der Waals surface area contributed by atoms with Crippen molar-refractivity contribution in [1.29, 1.82) is 0 Å². The Hall–Kier alpha value is -3.14. The molecular weight excluding hydrogens is 310 g/mol. The van der Waals surface area contributed by atoms with Crippen molar-refractivity contribution in [3.8, 4) is 0 Å². The maximum absolute atomic E-state index is 12.5. The van der Waals surface area contributed by atoms with Crippen LogP contribution in [0.15, 0.2) is 67.0 Å². The van der Waals surface area contributed by atoms with E-state index in [0.29, 0.717) is 12.1 Å². The van der Waals surface area contributed by atoms with E-state index >= 15 is 0 Å². The number of nitrogens with zero attached hydrogens (tertiary/aromatic N) is 1. The Labute approximate surface area is 147 Å². The number of hydrogen-bond acceptors (Lipinski definition) is 3. The molecule has 0 aliphatic rings. The fourth-order valence-corrected chi connectivity index (χ4v) is 2.54. The Morgan fingerprint density at radius 1 is 1.00 bits per heavy atom. The zero-order chi connectivity index (χ0) is 17.6. The van der Waals surface area contributed by atoms with Crippen LogP contribution in [-0.2, 0) is 6.54 Å². The predicted octanol–water partition coefficient (Wildman–Crippen LogP) is 4.56. The normalized spacial score (nSPS) is 10.3. The number of benzene rings is 2. The van der Waals surface area contributed by atoms with Crippen molar-refractivity contribution in [3.05, 3.63) is 89.2 Å². The van der Waals surface area contributed by atoms with Gasteiger partial charge in [0, 0.05) is 24.6 Å². The van der Waals surface area contributed by atoms with Crippen LogP contribution < -0.4 is 10.6 Å². The van der Waals surface area contributed by atoms with E-state index in [2.05, 4.69) is 27.8 Å². The van der Waals surface area contributed by atoms with E-state index in [1.807, 2.05) is 56.3 Å². The van der Waals surface area contributed by atoms with Gasteiger partial charge in [-0.2, -0.15) is 0 Å². The summed E-state index contributed by atoms with van der Waals surface area (Å²) in [6, 6.07) is 17.8. The van der Waals surface area contributed by atoms with E-state index in [1.165, 1.54) is 5.56 Å². The van der Waals surface area contributed by atoms with E-state index in [4.69, 9.17) is 0 Å². The molecule has 1 aromatic heterocycles. The highest BCUT2D eigenvalue weighted by molar-refractivity contribution is 6.05. The molecule has 0 bridgehead atoms. The lowest BCUT2D eigenvalue weighted by Crippen LogP contribution is -2.14. The molecule has 0 spiro atoms. The van der Waals surface area contributed by atoms with Crippen molar-refractivity contribution in [1.82, 2.24) is 4.98 Å². The second-order valence-corrected chi connectivity index (χ2v) is 6.00. The molecule has 0 radical (unpaired) electrons. The van der Waals surface area contributed by atoms with Crippen LogP contribution >= 0.6 is 0 Å². The second-order valence-electron chi connectivity index (χ2n) is 6.00. The molecular formula is C21H21N3O. The number of hydrogen-bond donors (Lipinski definition) is 2. The summed E-state index contributed by atoms with van der Waals surface area (Å²) in [7, 11) is 0. The molecule has 1 amide bonds. The van der Waals surface area contributed by atoms with E-state index in [0.717, 1.165) is 22.5 Å². The summed E-state index contributed by atoms with van der Waals surface area (Å²) < 4.78 is 0. The molecule has 3 rings (SSSR count). The SMILES string of the molecule is Cc1cccc(NC(=O)c2cncc(NCc3ccccc3)c2)c1C. The summed E-state index contributed by atoms with van der Waals surface area (Å²) in [5, 5.41) is 6.26. The van der Waals surface area contributed by atoms with Crippen molar-refractivity contribution >= 4 is 17.3 Å². The summed E-state index contributed by atoms with van der Waals surface area (Å²) in [6.07, 6.45) is 3.30. The highest BCUT2D eigenvalue weighted by Crippen LogP contribution is 2.19. The average Bonchev–Trinajstić information content (AvgIpc) is 2.65. The number of pyridine rings is 1. The van der Waals surface area contributed by atoms with Gasteiger partial charge in [-0.05, 0) is 42.7 Å². The topological polar surface area (TPSA) is 54.0 Å². The van der Waals surface area contributed by atoms with Gasteiger partial charge in [0.15, 0.2) is 0 Å². The standard InChI is InChI=1S/C21H21N3O/c1-15-7-6-10-20(16(15)2)24-21(25)18-11-19(14-22-13-18)23-12-17-8-4-3-5-9-17/h3-11,13-14,23H,12H2,1-2H3,(H,24,25). The lowest BCUT2D eigenvalue weighted by atomic mass is 10.1. The third-order valence-corrected chi connectivity index (χ3v) is 4.19. The third kappa shape index (κ3) is 4.23. The van der Waals surface area contributed by atoms with E-state index in [-0.39, 0.29) is 5.91 Å². The molecule has 0 saturated heterocycles. The van der Waals surface area contributed by atoms with Gasteiger partial charge >= 0.3 is 0 Å². The van der Waals surface area contributed by atoms with Crippen LogP contribution in [0.25, 0.3) is 0 Å². The minimum Gasteiger partial charge on any atom is -0.380 e. The minimum atomic E-state index is -0.162. The van der Waals surface area contributed by atoms with Crippen LogP contribution in [0.4, 0.5) is 11.4 Å². The summed E-state index contributed by atoms with van der Waals surface area (Å²) >= 11 is 0. The van der Waals surface area contributed by atoms with Crippen LogP contribution in [-0.4, -0.2) is 10.9 Å². The van der Waals surface area contributed by atoms with Crippen LogP contribution in [0.5, 0.6) is 0 Å². The molecule has 0 atom stereocenters. The Bertz CT molecular complexity index is 875. The lowest BCUT2D eigenvalue weighted by Gasteiger charge is -2.11. The van der Waals surface area contributed by atoms with Crippen LogP contribution in [0.3, 0.4) is 0 Å². The largest absolute Gasteiger partial charge is 0.380 e. The second kappa shape index (κ2) is 7.62. The van der Waals surface area contributed by atoms with E-state index in [9.17, 15) is 4.79 Å². The Morgan fingerprint density at radius 3 is 2.60 bits per heavy atom. The van der Waals surface area contributed by atoms with Crippen LogP contribution in [0.2, 0.25) is 0 Å². The fourth-order valence-electron chi connectivity index (χ4n) is 2.54. The van der Waals surface area contributed by atoms with Crippen molar-refractivity contribution < 1.29 is 4.79 Å². The quantitative estimate of drug-likeness (QED) is 0.720.